The smallest absolute Gasteiger partial charge is 0.257 e. The number of amides is 2. The largest absolute Gasteiger partial charge is 0.352 e. The summed E-state index contributed by atoms with van der Waals surface area (Å²) >= 11 is 0. The molecule has 2 aromatic rings. The first-order chi connectivity index (χ1) is 14.4. The number of nitrogens with one attached hydrogen (secondary N) is 2. The molecule has 0 spiro atoms. The molecule has 30 heavy (non-hydrogen) atoms. The topological polar surface area (TPSA) is 93.1 Å². The quantitative estimate of drug-likeness (QED) is 0.700. The molecule has 0 unspecified atom stereocenters. The fourth-order valence-electron chi connectivity index (χ4n) is 3.59. The molecule has 0 aromatic carbocycles. The highest BCUT2D eigenvalue weighted by atomic mass is 16.2. The van der Waals surface area contributed by atoms with Gasteiger partial charge in [-0.15, -0.1) is 0 Å². The van der Waals surface area contributed by atoms with Gasteiger partial charge < -0.3 is 15.2 Å². The predicted octanol–water partition coefficient (Wildman–Crippen LogP) is 2.89. The number of carbonyl (C=O) groups is 2. The van der Waals surface area contributed by atoms with Crippen molar-refractivity contribution in [3.63, 3.8) is 0 Å². The lowest BCUT2D eigenvalue weighted by molar-refractivity contribution is 0.0935. The molecular weight excluding hydrogens is 380 g/mol. The third kappa shape index (κ3) is 5.78. The summed E-state index contributed by atoms with van der Waals surface area (Å²) in [7, 11) is 0. The SMILES string of the molecule is CC(C)CCn1cc(C(=O)NCc2ccccn2)c(=O)c(C(=O)NC2CCCC2)c1. The monoisotopic (exact) mass is 410 g/mol. The maximum Gasteiger partial charge on any atom is 0.257 e. The van der Waals surface area contributed by atoms with Crippen LogP contribution in [0, 0.1) is 5.92 Å². The zero-order chi connectivity index (χ0) is 21.5. The molecular formula is C23H30N4O3. The number of hydrogen-bond donors (Lipinski definition) is 2. The van der Waals surface area contributed by atoms with Crippen molar-refractivity contribution in [1.29, 1.82) is 0 Å². The predicted molar refractivity (Wildman–Crippen MR) is 115 cm³/mol. The average molecular weight is 411 g/mol. The number of nitrogens with zero attached hydrogens (tertiary/aromatic N) is 2. The van der Waals surface area contributed by atoms with E-state index in [9.17, 15) is 14.4 Å². The molecule has 0 saturated heterocycles. The molecule has 2 aromatic heterocycles. The van der Waals surface area contributed by atoms with Crippen LogP contribution in [-0.4, -0.2) is 27.4 Å². The Morgan fingerprint density at radius 3 is 2.47 bits per heavy atom. The van der Waals surface area contributed by atoms with Crippen LogP contribution in [0.1, 0.15) is 72.4 Å². The Morgan fingerprint density at radius 1 is 1.13 bits per heavy atom. The van der Waals surface area contributed by atoms with Crippen LogP contribution >= 0.6 is 0 Å². The molecule has 2 amide bonds. The normalized spacial score (nSPS) is 14.1. The Kier molecular flexibility index (Phi) is 7.38. The van der Waals surface area contributed by atoms with E-state index in [1.807, 2.05) is 6.07 Å². The van der Waals surface area contributed by atoms with Crippen molar-refractivity contribution in [3.8, 4) is 0 Å². The van der Waals surface area contributed by atoms with E-state index in [0.717, 1.165) is 32.1 Å². The molecule has 0 radical (unpaired) electrons. The van der Waals surface area contributed by atoms with Gasteiger partial charge in [0.2, 0.25) is 5.43 Å². The van der Waals surface area contributed by atoms with Gasteiger partial charge in [-0.05, 0) is 37.3 Å². The van der Waals surface area contributed by atoms with Crippen molar-refractivity contribution in [1.82, 2.24) is 20.2 Å². The Labute approximate surface area is 176 Å². The van der Waals surface area contributed by atoms with E-state index in [-0.39, 0.29) is 23.7 Å². The van der Waals surface area contributed by atoms with E-state index >= 15 is 0 Å². The first kappa shape index (κ1) is 21.7. The first-order valence-electron chi connectivity index (χ1n) is 10.7. The lowest BCUT2D eigenvalue weighted by Gasteiger charge is -2.15. The van der Waals surface area contributed by atoms with Gasteiger partial charge in [0.25, 0.3) is 11.8 Å². The molecule has 0 atom stereocenters. The summed E-state index contributed by atoms with van der Waals surface area (Å²) in [6.45, 7) is 5.05. The van der Waals surface area contributed by atoms with Gasteiger partial charge in [-0.1, -0.05) is 32.8 Å². The van der Waals surface area contributed by atoms with Crippen molar-refractivity contribution in [3.05, 3.63) is 63.8 Å². The molecule has 7 heteroatoms. The van der Waals surface area contributed by atoms with Crippen LogP contribution in [0.15, 0.2) is 41.6 Å². The van der Waals surface area contributed by atoms with E-state index in [0.29, 0.717) is 18.2 Å². The molecule has 7 nitrogen and oxygen atoms in total. The Hall–Kier alpha value is -2.96. The highest BCUT2D eigenvalue weighted by molar-refractivity contribution is 5.99. The zero-order valence-electron chi connectivity index (χ0n) is 17.7. The van der Waals surface area contributed by atoms with Crippen LogP contribution in [-0.2, 0) is 13.1 Å². The number of aromatic nitrogens is 2. The molecule has 1 fully saturated rings. The molecule has 1 aliphatic carbocycles. The van der Waals surface area contributed by atoms with Gasteiger partial charge in [0, 0.05) is 31.2 Å². The van der Waals surface area contributed by atoms with Crippen LogP contribution in [0.3, 0.4) is 0 Å². The van der Waals surface area contributed by atoms with Gasteiger partial charge in [-0.3, -0.25) is 19.4 Å². The maximum atomic E-state index is 13.0. The van der Waals surface area contributed by atoms with Crippen LogP contribution in [0.5, 0.6) is 0 Å². The minimum Gasteiger partial charge on any atom is -0.352 e. The second-order valence-corrected chi connectivity index (χ2v) is 8.29. The third-order valence-corrected chi connectivity index (χ3v) is 5.38. The summed E-state index contributed by atoms with van der Waals surface area (Å²) in [4.78, 5) is 42.7. The molecule has 0 aliphatic heterocycles. The van der Waals surface area contributed by atoms with Crippen LogP contribution in [0.2, 0.25) is 0 Å². The van der Waals surface area contributed by atoms with Crippen molar-refractivity contribution in [2.75, 3.05) is 0 Å². The first-order valence-corrected chi connectivity index (χ1v) is 10.7. The second-order valence-electron chi connectivity index (χ2n) is 8.29. The van der Waals surface area contributed by atoms with Gasteiger partial charge in [0.15, 0.2) is 0 Å². The summed E-state index contributed by atoms with van der Waals surface area (Å²) in [5.41, 5.74) is 0.163. The summed E-state index contributed by atoms with van der Waals surface area (Å²) in [6, 6.07) is 5.53. The lowest BCUT2D eigenvalue weighted by atomic mass is 10.1. The van der Waals surface area contributed by atoms with Crippen LogP contribution in [0.4, 0.5) is 0 Å². The fourth-order valence-corrected chi connectivity index (χ4v) is 3.59. The molecule has 1 saturated carbocycles. The number of pyridine rings is 2. The molecule has 2 heterocycles. The Balaban J connectivity index is 1.83. The highest BCUT2D eigenvalue weighted by Crippen LogP contribution is 2.18. The zero-order valence-corrected chi connectivity index (χ0v) is 17.7. The van der Waals surface area contributed by atoms with Gasteiger partial charge in [0.1, 0.15) is 11.1 Å². The maximum absolute atomic E-state index is 13.0. The van der Waals surface area contributed by atoms with Gasteiger partial charge >= 0.3 is 0 Å². The van der Waals surface area contributed by atoms with E-state index in [1.165, 1.54) is 0 Å². The van der Waals surface area contributed by atoms with Crippen molar-refractivity contribution in [2.45, 2.75) is 65.1 Å². The third-order valence-electron chi connectivity index (χ3n) is 5.38. The molecule has 2 N–H and O–H groups in total. The molecule has 160 valence electrons. The molecule has 3 rings (SSSR count). The fraction of sp³-hybridized carbons (Fsp3) is 0.478. The summed E-state index contributed by atoms with van der Waals surface area (Å²) in [5.74, 6) is -0.439. The number of rotatable bonds is 8. The standard InChI is InChI=1S/C23H30N4O3/c1-16(2)10-12-27-14-19(22(29)25-13-18-9-5-6-11-24-18)21(28)20(15-27)23(30)26-17-7-3-4-8-17/h5-6,9,11,14-17H,3-4,7-8,10,12-13H2,1-2H3,(H,25,29)(H,26,30). The van der Waals surface area contributed by atoms with Gasteiger partial charge in [-0.25, -0.2) is 0 Å². The van der Waals surface area contributed by atoms with E-state index in [1.54, 1.807) is 35.3 Å². The molecule has 1 aliphatic rings. The van der Waals surface area contributed by atoms with Crippen molar-refractivity contribution < 1.29 is 9.59 Å². The second kappa shape index (κ2) is 10.2. The molecule has 0 bridgehead atoms. The van der Waals surface area contributed by atoms with E-state index in [2.05, 4.69) is 29.5 Å². The van der Waals surface area contributed by atoms with Gasteiger partial charge in [0.05, 0.1) is 12.2 Å². The van der Waals surface area contributed by atoms with E-state index < -0.39 is 17.2 Å². The Morgan fingerprint density at radius 2 is 1.83 bits per heavy atom. The number of aryl methyl sites for hydroxylation is 1. The van der Waals surface area contributed by atoms with Crippen molar-refractivity contribution >= 4 is 11.8 Å². The lowest BCUT2D eigenvalue weighted by Crippen LogP contribution is -2.38. The number of carbonyl (C=O) groups excluding carboxylic acids is 2. The van der Waals surface area contributed by atoms with Crippen molar-refractivity contribution in [2.24, 2.45) is 5.92 Å². The average Bonchev–Trinajstić information content (AvgIpc) is 3.24. The van der Waals surface area contributed by atoms with Crippen LogP contribution in [0.25, 0.3) is 0 Å². The summed E-state index contributed by atoms with van der Waals surface area (Å²) in [6.07, 6.45) is 9.67. The Bertz CT molecular complexity index is 931. The van der Waals surface area contributed by atoms with E-state index in [4.69, 9.17) is 0 Å². The minimum absolute atomic E-state index is 0.0197. The highest BCUT2D eigenvalue weighted by Gasteiger charge is 2.23. The minimum atomic E-state index is -0.537. The number of hydrogen-bond acceptors (Lipinski definition) is 4. The summed E-state index contributed by atoms with van der Waals surface area (Å²) in [5, 5.41) is 5.70. The van der Waals surface area contributed by atoms with Gasteiger partial charge in [-0.2, -0.15) is 0 Å². The van der Waals surface area contributed by atoms with Crippen LogP contribution < -0.4 is 16.1 Å². The summed E-state index contributed by atoms with van der Waals surface area (Å²) < 4.78 is 1.78.